The number of rotatable bonds is 4. The molecule has 0 radical (unpaired) electrons. The molecule has 3 heteroatoms. The fourth-order valence-electron chi connectivity index (χ4n) is 1.90. The maximum atomic E-state index is 13.3. The van der Waals surface area contributed by atoms with Crippen LogP contribution < -0.4 is 10.5 Å². The summed E-state index contributed by atoms with van der Waals surface area (Å²) < 4.78 is 19.1. The maximum Gasteiger partial charge on any atom is 0.133 e. The number of hydrogen-bond donors (Lipinski definition) is 1. The Morgan fingerprint density at radius 3 is 2.63 bits per heavy atom. The van der Waals surface area contributed by atoms with Crippen LogP contribution in [0.2, 0.25) is 0 Å². The highest BCUT2D eigenvalue weighted by Gasteiger charge is 2.11. The number of ether oxygens (including phenoxy) is 1. The number of nitrogens with two attached hydrogens (primary N) is 1. The van der Waals surface area contributed by atoms with Gasteiger partial charge in [0.25, 0.3) is 0 Å². The van der Waals surface area contributed by atoms with Gasteiger partial charge in [-0.1, -0.05) is 31.2 Å². The van der Waals surface area contributed by atoms with E-state index in [1.807, 2.05) is 38.1 Å². The lowest BCUT2D eigenvalue weighted by molar-refractivity contribution is 0.460. The first-order chi connectivity index (χ1) is 9.11. The number of benzene rings is 2. The van der Waals surface area contributed by atoms with Gasteiger partial charge in [0.1, 0.15) is 17.3 Å². The second-order valence-corrected chi connectivity index (χ2v) is 4.56. The van der Waals surface area contributed by atoms with Crippen molar-refractivity contribution < 1.29 is 9.13 Å². The van der Waals surface area contributed by atoms with Crippen LogP contribution in [0.25, 0.3) is 0 Å². The van der Waals surface area contributed by atoms with Crippen molar-refractivity contribution in [3.63, 3.8) is 0 Å². The van der Waals surface area contributed by atoms with Gasteiger partial charge in [-0.25, -0.2) is 4.39 Å². The maximum absolute atomic E-state index is 13.3. The van der Waals surface area contributed by atoms with Crippen LogP contribution in [0, 0.1) is 12.7 Å². The summed E-state index contributed by atoms with van der Waals surface area (Å²) in [6, 6.07) is 12.0. The Labute approximate surface area is 113 Å². The van der Waals surface area contributed by atoms with Crippen molar-refractivity contribution in [1.29, 1.82) is 0 Å². The molecule has 0 heterocycles. The van der Waals surface area contributed by atoms with Crippen molar-refractivity contribution in [2.24, 2.45) is 5.73 Å². The van der Waals surface area contributed by atoms with Gasteiger partial charge in [-0.15, -0.1) is 0 Å². The predicted octanol–water partition coefficient (Wildman–Crippen LogP) is 4.34. The van der Waals surface area contributed by atoms with Gasteiger partial charge in [0.2, 0.25) is 0 Å². The number of aryl methyl sites for hydroxylation is 1. The molecule has 2 rings (SSSR count). The van der Waals surface area contributed by atoms with Crippen LogP contribution >= 0.6 is 0 Å². The summed E-state index contributed by atoms with van der Waals surface area (Å²) in [4.78, 5) is 0. The Morgan fingerprint density at radius 1 is 1.16 bits per heavy atom. The van der Waals surface area contributed by atoms with Gasteiger partial charge in [-0.05, 0) is 31.0 Å². The highest BCUT2D eigenvalue weighted by molar-refractivity contribution is 5.42. The molecule has 100 valence electrons. The van der Waals surface area contributed by atoms with Crippen LogP contribution in [0.1, 0.15) is 30.5 Å². The minimum Gasteiger partial charge on any atom is -0.457 e. The highest BCUT2D eigenvalue weighted by atomic mass is 19.1. The van der Waals surface area contributed by atoms with E-state index in [1.165, 1.54) is 12.1 Å². The van der Waals surface area contributed by atoms with Gasteiger partial charge in [0, 0.05) is 17.7 Å². The fourth-order valence-corrected chi connectivity index (χ4v) is 1.90. The van der Waals surface area contributed by atoms with Gasteiger partial charge in [-0.3, -0.25) is 0 Å². The molecule has 2 N–H and O–H groups in total. The summed E-state index contributed by atoms with van der Waals surface area (Å²) in [6.45, 7) is 3.91. The van der Waals surface area contributed by atoms with Gasteiger partial charge in [0.15, 0.2) is 0 Å². The van der Waals surface area contributed by atoms with Gasteiger partial charge >= 0.3 is 0 Å². The summed E-state index contributed by atoms with van der Waals surface area (Å²) >= 11 is 0. The third kappa shape index (κ3) is 3.12. The Morgan fingerprint density at radius 2 is 1.89 bits per heavy atom. The van der Waals surface area contributed by atoms with Crippen LogP contribution in [0.5, 0.6) is 11.5 Å². The molecule has 0 aliphatic heterocycles. The third-order valence-corrected chi connectivity index (χ3v) is 3.13. The Kier molecular flexibility index (Phi) is 4.17. The molecule has 0 saturated heterocycles. The molecule has 0 amide bonds. The lowest BCUT2D eigenvalue weighted by atomic mass is 10.0. The van der Waals surface area contributed by atoms with Crippen molar-refractivity contribution in [1.82, 2.24) is 0 Å². The molecule has 1 atom stereocenters. The van der Waals surface area contributed by atoms with Gasteiger partial charge in [-0.2, -0.15) is 0 Å². The molecular formula is C16H18FNO. The van der Waals surface area contributed by atoms with E-state index in [9.17, 15) is 4.39 Å². The van der Waals surface area contributed by atoms with Crippen molar-refractivity contribution in [2.75, 3.05) is 0 Å². The fraction of sp³-hybridized carbons (Fsp3) is 0.250. The number of para-hydroxylation sites is 1. The standard InChI is InChI=1S/C16H18FNO/c1-3-14(18)13-6-4-5-7-15(13)19-16-10-12(17)9-8-11(16)2/h4-10,14H,3,18H2,1-2H3/t14-/m1/s1. The van der Waals surface area contributed by atoms with E-state index in [0.717, 1.165) is 17.5 Å². The summed E-state index contributed by atoms with van der Waals surface area (Å²) in [5, 5.41) is 0. The van der Waals surface area contributed by atoms with E-state index in [1.54, 1.807) is 6.07 Å². The Bertz CT molecular complexity index is 568. The van der Waals surface area contributed by atoms with Gasteiger partial charge < -0.3 is 10.5 Å². The van der Waals surface area contributed by atoms with Crippen LogP contribution in [0.15, 0.2) is 42.5 Å². The van der Waals surface area contributed by atoms with E-state index in [2.05, 4.69) is 0 Å². The summed E-state index contributed by atoms with van der Waals surface area (Å²) in [6.07, 6.45) is 0.822. The lowest BCUT2D eigenvalue weighted by Crippen LogP contribution is -2.09. The van der Waals surface area contributed by atoms with Crippen molar-refractivity contribution in [3.05, 3.63) is 59.4 Å². The predicted molar refractivity (Wildman–Crippen MR) is 74.9 cm³/mol. The third-order valence-electron chi connectivity index (χ3n) is 3.13. The molecule has 0 spiro atoms. The first-order valence-corrected chi connectivity index (χ1v) is 6.40. The summed E-state index contributed by atoms with van der Waals surface area (Å²) in [7, 11) is 0. The summed E-state index contributed by atoms with van der Waals surface area (Å²) in [5.74, 6) is 0.902. The zero-order valence-electron chi connectivity index (χ0n) is 11.2. The zero-order chi connectivity index (χ0) is 13.8. The molecule has 0 aliphatic carbocycles. The Hall–Kier alpha value is -1.87. The van der Waals surface area contributed by atoms with Crippen molar-refractivity contribution in [2.45, 2.75) is 26.3 Å². The quantitative estimate of drug-likeness (QED) is 0.886. The molecule has 0 saturated carbocycles. The normalized spacial score (nSPS) is 12.2. The molecule has 0 bridgehead atoms. The zero-order valence-corrected chi connectivity index (χ0v) is 11.2. The highest BCUT2D eigenvalue weighted by Crippen LogP contribution is 2.31. The first kappa shape index (κ1) is 13.6. The average Bonchev–Trinajstić information content (AvgIpc) is 2.42. The minimum absolute atomic E-state index is 0.0786. The average molecular weight is 259 g/mol. The summed E-state index contributed by atoms with van der Waals surface area (Å²) in [5.41, 5.74) is 7.89. The topological polar surface area (TPSA) is 35.2 Å². The van der Waals surface area contributed by atoms with E-state index in [-0.39, 0.29) is 11.9 Å². The van der Waals surface area contributed by atoms with Crippen LogP contribution in [0.4, 0.5) is 4.39 Å². The molecule has 0 aromatic heterocycles. The van der Waals surface area contributed by atoms with E-state index >= 15 is 0 Å². The monoisotopic (exact) mass is 259 g/mol. The molecule has 0 unspecified atom stereocenters. The van der Waals surface area contributed by atoms with E-state index < -0.39 is 0 Å². The molecule has 0 aliphatic rings. The minimum atomic E-state index is -0.308. The largest absolute Gasteiger partial charge is 0.457 e. The van der Waals surface area contributed by atoms with Crippen LogP contribution in [0.3, 0.4) is 0 Å². The van der Waals surface area contributed by atoms with E-state index in [4.69, 9.17) is 10.5 Å². The molecule has 2 aromatic rings. The van der Waals surface area contributed by atoms with Gasteiger partial charge in [0.05, 0.1) is 0 Å². The van der Waals surface area contributed by atoms with Crippen LogP contribution in [-0.2, 0) is 0 Å². The number of halogens is 1. The number of hydrogen-bond acceptors (Lipinski definition) is 2. The van der Waals surface area contributed by atoms with Crippen molar-refractivity contribution in [3.8, 4) is 11.5 Å². The molecule has 0 fully saturated rings. The molecular weight excluding hydrogens is 241 g/mol. The molecule has 2 nitrogen and oxygen atoms in total. The molecule has 19 heavy (non-hydrogen) atoms. The smallest absolute Gasteiger partial charge is 0.133 e. The van der Waals surface area contributed by atoms with Crippen LogP contribution in [-0.4, -0.2) is 0 Å². The Balaban J connectivity index is 2.35. The SMILES string of the molecule is CC[C@@H](N)c1ccccc1Oc1cc(F)ccc1C. The first-order valence-electron chi connectivity index (χ1n) is 6.40. The second kappa shape index (κ2) is 5.85. The van der Waals surface area contributed by atoms with E-state index in [0.29, 0.717) is 11.5 Å². The lowest BCUT2D eigenvalue weighted by Gasteiger charge is -2.16. The second-order valence-electron chi connectivity index (χ2n) is 4.56. The molecule has 2 aromatic carbocycles. The van der Waals surface area contributed by atoms with Crippen molar-refractivity contribution >= 4 is 0 Å².